The molecule has 0 aromatic heterocycles. The van der Waals surface area contributed by atoms with Gasteiger partial charge < -0.3 is 9.84 Å². The topological polar surface area (TPSA) is 101 Å². The van der Waals surface area contributed by atoms with Crippen LogP contribution in [0.5, 0.6) is 0 Å². The second kappa shape index (κ2) is 9.24. The van der Waals surface area contributed by atoms with E-state index in [4.69, 9.17) is 4.74 Å². The van der Waals surface area contributed by atoms with Gasteiger partial charge in [-0.25, -0.2) is 8.42 Å². The van der Waals surface area contributed by atoms with Crippen LogP contribution in [0.25, 0.3) is 0 Å². The van der Waals surface area contributed by atoms with E-state index in [1.54, 1.807) is 31.2 Å². The Bertz CT molecular complexity index is 1190. The van der Waals surface area contributed by atoms with E-state index in [-0.39, 0.29) is 30.1 Å². The Labute approximate surface area is 200 Å². The third kappa shape index (κ3) is 4.08. The molecule has 1 aliphatic heterocycles. The standard InChI is InChI=1S/C26H31NO6S/c1-4-33-24(29)21-16-26(14-6-9-22(26)28)25(30)27(23(21)19-8-5-7-18(3)15-19)34(31,32)20-12-10-17(2)11-13-20/h5,7-8,10-13,15,21,23,25,30H,4,6,9,14,16H2,1-3H3/t21?,23?,25?,26-/m0/s1. The molecule has 2 aromatic carbocycles. The summed E-state index contributed by atoms with van der Waals surface area (Å²) < 4.78 is 34.5. The van der Waals surface area contributed by atoms with Gasteiger partial charge >= 0.3 is 5.97 Å². The first-order valence-electron chi connectivity index (χ1n) is 11.7. The van der Waals surface area contributed by atoms with Crippen LogP contribution in [-0.4, -0.2) is 42.4 Å². The van der Waals surface area contributed by atoms with Crippen molar-refractivity contribution in [2.45, 2.75) is 63.6 Å². The van der Waals surface area contributed by atoms with Crippen molar-refractivity contribution in [3.05, 3.63) is 65.2 Å². The molecule has 0 radical (unpaired) electrons. The van der Waals surface area contributed by atoms with Crippen molar-refractivity contribution in [2.75, 3.05) is 6.61 Å². The van der Waals surface area contributed by atoms with Gasteiger partial charge in [0.05, 0.1) is 28.9 Å². The Kier molecular flexibility index (Phi) is 6.68. The lowest BCUT2D eigenvalue weighted by molar-refractivity contribution is -0.171. The summed E-state index contributed by atoms with van der Waals surface area (Å²) >= 11 is 0. The highest BCUT2D eigenvalue weighted by atomic mass is 32.2. The van der Waals surface area contributed by atoms with Gasteiger partial charge in [-0.05, 0) is 57.7 Å². The minimum Gasteiger partial charge on any atom is -0.466 e. The Balaban J connectivity index is 1.95. The summed E-state index contributed by atoms with van der Waals surface area (Å²) in [6, 6.07) is 12.6. The number of Topliss-reactive ketones (excluding diaryl/α,β-unsaturated/α-hetero) is 1. The highest BCUT2D eigenvalue weighted by Crippen LogP contribution is 2.55. The number of nitrogens with zero attached hydrogens (tertiary/aromatic N) is 1. The van der Waals surface area contributed by atoms with E-state index >= 15 is 0 Å². The number of esters is 1. The smallest absolute Gasteiger partial charge is 0.310 e. The monoisotopic (exact) mass is 485 g/mol. The van der Waals surface area contributed by atoms with Crippen molar-refractivity contribution in [3.63, 3.8) is 0 Å². The number of piperidine rings is 1. The second-order valence-electron chi connectivity index (χ2n) is 9.38. The van der Waals surface area contributed by atoms with Gasteiger partial charge in [0.1, 0.15) is 12.0 Å². The Hall–Kier alpha value is -2.55. The fraction of sp³-hybridized carbons (Fsp3) is 0.462. The number of aliphatic hydroxyl groups is 1. The molecule has 0 bridgehead atoms. The molecule has 8 heteroatoms. The van der Waals surface area contributed by atoms with Crippen molar-refractivity contribution >= 4 is 21.8 Å². The van der Waals surface area contributed by atoms with Crippen LogP contribution in [0.4, 0.5) is 0 Å². The molecule has 3 unspecified atom stereocenters. The van der Waals surface area contributed by atoms with E-state index in [2.05, 4.69) is 0 Å². The number of ketones is 1. The largest absolute Gasteiger partial charge is 0.466 e. The maximum Gasteiger partial charge on any atom is 0.310 e. The lowest BCUT2D eigenvalue weighted by Crippen LogP contribution is -2.61. The Morgan fingerprint density at radius 3 is 2.44 bits per heavy atom. The number of sulfonamides is 1. The van der Waals surface area contributed by atoms with Gasteiger partial charge in [0.25, 0.3) is 0 Å². The minimum atomic E-state index is -4.28. The van der Waals surface area contributed by atoms with Crippen molar-refractivity contribution in [3.8, 4) is 0 Å². The zero-order valence-corrected chi connectivity index (χ0v) is 20.5. The van der Waals surface area contributed by atoms with E-state index in [0.29, 0.717) is 18.4 Å². The van der Waals surface area contributed by atoms with Crippen LogP contribution >= 0.6 is 0 Å². The van der Waals surface area contributed by atoms with Crippen LogP contribution in [-0.2, 0) is 24.3 Å². The average molecular weight is 486 g/mol. The minimum absolute atomic E-state index is 0.0000853. The fourth-order valence-corrected chi connectivity index (χ4v) is 7.19. The highest BCUT2D eigenvalue weighted by molar-refractivity contribution is 7.89. The van der Waals surface area contributed by atoms with Crippen LogP contribution in [0.2, 0.25) is 0 Å². The Morgan fingerprint density at radius 1 is 1.15 bits per heavy atom. The van der Waals surface area contributed by atoms with Gasteiger partial charge in [-0.1, -0.05) is 47.5 Å². The molecular weight excluding hydrogens is 454 g/mol. The number of hydrogen-bond donors (Lipinski definition) is 1. The molecule has 1 saturated carbocycles. The average Bonchev–Trinajstić information content (AvgIpc) is 3.16. The van der Waals surface area contributed by atoms with Gasteiger partial charge in [0.2, 0.25) is 10.0 Å². The quantitative estimate of drug-likeness (QED) is 0.649. The van der Waals surface area contributed by atoms with Gasteiger partial charge in [0, 0.05) is 6.42 Å². The van der Waals surface area contributed by atoms with Gasteiger partial charge in [0.15, 0.2) is 0 Å². The first kappa shape index (κ1) is 24.6. The van der Waals surface area contributed by atoms with Crippen LogP contribution in [0.15, 0.2) is 53.4 Å². The Morgan fingerprint density at radius 2 is 1.85 bits per heavy atom. The molecule has 7 nitrogen and oxygen atoms in total. The van der Waals surface area contributed by atoms with Crippen LogP contribution in [0, 0.1) is 25.2 Å². The van der Waals surface area contributed by atoms with Crippen molar-refractivity contribution in [2.24, 2.45) is 11.3 Å². The van der Waals surface area contributed by atoms with Gasteiger partial charge in [-0.3, -0.25) is 9.59 Å². The SMILES string of the molecule is CCOC(=O)C1C[C@]2(CCCC2=O)C(O)N(S(=O)(=O)c2ccc(C)cc2)C1c1cccc(C)c1. The highest BCUT2D eigenvalue weighted by Gasteiger charge is 2.62. The molecule has 2 aliphatic rings. The number of hydrogen-bond acceptors (Lipinski definition) is 6. The summed E-state index contributed by atoms with van der Waals surface area (Å²) in [7, 11) is -4.28. The number of carbonyl (C=O) groups is 2. The molecule has 2 aromatic rings. The zero-order chi connectivity index (χ0) is 24.7. The predicted molar refractivity (Wildman–Crippen MR) is 126 cm³/mol. The fourth-order valence-electron chi connectivity index (χ4n) is 5.43. The molecule has 1 spiro atoms. The lowest BCUT2D eigenvalue weighted by atomic mass is 9.69. The molecular formula is C26H31NO6S. The van der Waals surface area contributed by atoms with E-state index in [1.807, 2.05) is 26.0 Å². The van der Waals surface area contributed by atoms with Crippen LogP contribution in [0.1, 0.15) is 55.3 Å². The summed E-state index contributed by atoms with van der Waals surface area (Å²) in [5, 5.41) is 11.6. The van der Waals surface area contributed by atoms with Crippen molar-refractivity contribution < 1.29 is 27.9 Å². The maximum absolute atomic E-state index is 14.1. The second-order valence-corrected chi connectivity index (χ2v) is 11.2. The van der Waals surface area contributed by atoms with Crippen LogP contribution in [0.3, 0.4) is 0 Å². The van der Waals surface area contributed by atoms with E-state index in [1.165, 1.54) is 12.1 Å². The molecule has 1 saturated heterocycles. The van der Waals surface area contributed by atoms with Gasteiger partial charge in [-0.15, -0.1) is 0 Å². The summed E-state index contributed by atoms with van der Waals surface area (Å²) in [5.74, 6) is -1.71. The van der Waals surface area contributed by atoms with Gasteiger partial charge in [-0.2, -0.15) is 4.31 Å². The molecule has 34 heavy (non-hydrogen) atoms. The first-order chi connectivity index (χ1) is 16.1. The predicted octanol–water partition coefficient (Wildman–Crippen LogP) is 3.68. The summed E-state index contributed by atoms with van der Waals surface area (Å²) in [5.41, 5.74) is 1.02. The molecule has 0 amide bonds. The molecule has 1 N–H and O–H groups in total. The van der Waals surface area contributed by atoms with Crippen molar-refractivity contribution in [1.82, 2.24) is 4.31 Å². The van der Waals surface area contributed by atoms with Crippen molar-refractivity contribution in [1.29, 1.82) is 0 Å². The maximum atomic E-state index is 14.1. The first-order valence-corrected chi connectivity index (χ1v) is 13.1. The summed E-state index contributed by atoms with van der Waals surface area (Å²) in [6.45, 7) is 5.55. The van der Waals surface area contributed by atoms with E-state index < -0.39 is 39.6 Å². The number of aliphatic hydroxyl groups excluding tert-OH is 1. The molecule has 1 heterocycles. The van der Waals surface area contributed by atoms with E-state index in [0.717, 1.165) is 15.4 Å². The van der Waals surface area contributed by atoms with Crippen LogP contribution < -0.4 is 0 Å². The molecule has 1 aliphatic carbocycles. The zero-order valence-electron chi connectivity index (χ0n) is 19.7. The number of aryl methyl sites for hydroxylation is 2. The molecule has 4 atom stereocenters. The molecule has 2 fully saturated rings. The number of ether oxygens (including phenoxy) is 1. The van der Waals surface area contributed by atoms with E-state index in [9.17, 15) is 23.1 Å². The number of benzene rings is 2. The number of rotatable bonds is 5. The third-order valence-corrected chi connectivity index (χ3v) is 8.98. The number of carbonyl (C=O) groups excluding carboxylic acids is 2. The summed E-state index contributed by atoms with van der Waals surface area (Å²) in [6.07, 6.45) is -0.433. The third-order valence-electron chi connectivity index (χ3n) is 7.13. The molecule has 4 rings (SSSR count). The summed E-state index contributed by atoms with van der Waals surface area (Å²) in [4.78, 5) is 26.3. The lowest BCUT2D eigenvalue weighted by Gasteiger charge is -2.50. The normalized spacial score (nSPS) is 27.8. The molecule has 182 valence electrons.